The Labute approximate surface area is 105 Å². The zero-order valence-electron chi connectivity index (χ0n) is 10.2. The van der Waals surface area contributed by atoms with Gasteiger partial charge in [0.25, 0.3) is 0 Å². The first kappa shape index (κ1) is 11.9. The van der Waals surface area contributed by atoms with Gasteiger partial charge in [-0.25, -0.2) is 4.98 Å². The Hall–Kier alpha value is -0.540. The summed E-state index contributed by atoms with van der Waals surface area (Å²) in [5.74, 6) is 0.590. The normalized spacial score (nSPS) is 11.9. The van der Waals surface area contributed by atoms with Gasteiger partial charge in [0.2, 0.25) is 0 Å². The summed E-state index contributed by atoms with van der Waals surface area (Å²) in [7, 11) is 0. The van der Waals surface area contributed by atoms with E-state index in [4.69, 9.17) is 0 Å². The second-order valence-electron chi connectivity index (χ2n) is 4.53. The molecule has 0 spiro atoms. The lowest BCUT2D eigenvalue weighted by molar-refractivity contribution is 0.869. The van der Waals surface area contributed by atoms with Gasteiger partial charge >= 0.3 is 0 Å². The van der Waals surface area contributed by atoms with Gasteiger partial charge in [0.05, 0.1) is 10.2 Å². The molecule has 0 aliphatic carbocycles. The van der Waals surface area contributed by atoms with Gasteiger partial charge in [0, 0.05) is 5.25 Å². The predicted molar refractivity (Wildman–Crippen MR) is 74.7 cm³/mol. The number of thiazole rings is 1. The number of hydrogen-bond acceptors (Lipinski definition) is 3. The van der Waals surface area contributed by atoms with E-state index in [0.29, 0.717) is 11.2 Å². The van der Waals surface area contributed by atoms with E-state index < -0.39 is 0 Å². The molecule has 2 rings (SSSR count). The quantitative estimate of drug-likeness (QED) is 0.718. The Balaban J connectivity index is 2.38. The molecule has 0 bridgehead atoms. The maximum atomic E-state index is 4.63. The molecular weight excluding hydrogens is 234 g/mol. The first-order chi connectivity index (χ1) is 7.56. The Morgan fingerprint density at radius 3 is 2.56 bits per heavy atom. The predicted octanol–water partition coefficient (Wildman–Crippen LogP) is 4.92. The van der Waals surface area contributed by atoms with E-state index in [0.717, 1.165) is 5.52 Å². The highest BCUT2D eigenvalue weighted by molar-refractivity contribution is 8.01. The van der Waals surface area contributed by atoms with Gasteiger partial charge in [-0.2, -0.15) is 0 Å². The lowest BCUT2D eigenvalue weighted by atomic mass is 10.0. The van der Waals surface area contributed by atoms with Crippen molar-refractivity contribution in [3.8, 4) is 0 Å². The molecule has 86 valence electrons. The number of aromatic nitrogens is 1. The number of thioether (sulfide) groups is 1. The van der Waals surface area contributed by atoms with E-state index in [2.05, 4.69) is 50.9 Å². The summed E-state index contributed by atoms with van der Waals surface area (Å²) in [6.45, 7) is 8.87. The number of benzene rings is 1. The number of hydrogen-bond donors (Lipinski definition) is 0. The van der Waals surface area contributed by atoms with Crippen molar-refractivity contribution in [1.29, 1.82) is 0 Å². The maximum absolute atomic E-state index is 4.63. The minimum Gasteiger partial charge on any atom is -0.230 e. The summed E-state index contributed by atoms with van der Waals surface area (Å²) in [5, 5.41) is 0.602. The van der Waals surface area contributed by atoms with E-state index >= 15 is 0 Å². The van der Waals surface area contributed by atoms with Gasteiger partial charge in [0.1, 0.15) is 0 Å². The largest absolute Gasteiger partial charge is 0.230 e. The van der Waals surface area contributed by atoms with Crippen molar-refractivity contribution in [2.75, 3.05) is 0 Å². The molecule has 0 aliphatic heterocycles. The van der Waals surface area contributed by atoms with E-state index in [1.807, 2.05) is 23.1 Å². The fourth-order valence-electron chi connectivity index (χ4n) is 1.53. The van der Waals surface area contributed by atoms with Crippen LogP contribution >= 0.6 is 23.1 Å². The van der Waals surface area contributed by atoms with E-state index in [-0.39, 0.29) is 0 Å². The van der Waals surface area contributed by atoms with Crippen LogP contribution in [0, 0.1) is 0 Å². The summed E-state index contributed by atoms with van der Waals surface area (Å²) >= 11 is 3.65. The summed E-state index contributed by atoms with van der Waals surface area (Å²) in [5.41, 5.74) is 2.54. The molecule has 0 atom stereocenters. The first-order valence-electron chi connectivity index (χ1n) is 5.63. The van der Waals surface area contributed by atoms with E-state index in [9.17, 15) is 0 Å². The van der Waals surface area contributed by atoms with Gasteiger partial charge in [-0.05, 0) is 23.6 Å². The molecule has 3 heteroatoms. The Bertz CT molecular complexity index is 486. The standard InChI is InChI=1S/C13H17NS2/c1-8(2)10-5-6-11-12(7-10)16-13(14-11)15-9(3)4/h5-9H,1-4H3. The molecular formula is C13H17NS2. The molecule has 0 amide bonds. The van der Waals surface area contributed by atoms with Gasteiger partial charge in [0.15, 0.2) is 4.34 Å². The van der Waals surface area contributed by atoms with Gasteiger partial charge in [-0.3, -0.25) is 0 Å². The summed E-state index contributed by atoms with van der Waals surface area (Å²) < 4.78 is 2.50. The highest BCUT2D eigenvalue weighted by Crippen LogP contribution is 2.33. The average molecular weight is 251 g/mol. The number of nitrogens with zero attached hydrogens (tertiary/aromatic N) is 1. The van der Waals surface area contributed by atoms with Crippen LogP contribution in [0.25, 0.3) is 10.2 Å². The smallest absolute Gasteiger partial charge is 0.151 e. The molecule has 16 heavy (non-hydrogen) atoms. The molecule has 0 unspecified atom stereocenters. The van der Waals surface area contributed by atoms with E-state index in [1.165, 1.54) is 14.6 Å². The third kappa shape index (κ3) is 2.58. The van der Waals surface area contributed by atoms with Crippen LogP contribution < -0.4 is 0 Å². The summed E-state index contributed by atoms with van der Waals surface area (Å²) in [6.07, 6.45) is 0. The van der Waals surface area contributed by atoms with Crippen LogP contribution in [-0.2, 0) is 0 Å². The molecule has 1 heterocycles. The summed E-state index contributed by atoms with van der Waals surface area (Å²) in [4.78, 5) is 4.63. The Kier molecular flexibility index (Phi) is 3.55. The lowest BCUT2D eigenvalue weighted by Crippen LogP contribution is -1.85. The molecule has 1 aromatic heterocycles. The molecule has 0 N–H and O–H groups in total. The monoisotopic (exact) mass is 251 g/mol. The molecule has 2 aromatic rings. The first-order valence-corrected chi connectivity index (χ1v) is 7.33. The summed E-state index contributed by atoms with van der Waals surface area (Å²) in [6, 6.07) is 6.62. The van der Waals surface area contributed by atoms with Crippen LogP contribution in [-0.4, -0.2) is 10.2 Å². The Morgan fingerprint density at radius 2 is 1.94 bits per heavy atom. The SMILES string of the molecule is CC(C)Sc1nc2ccc(C(C)C)cc2s1. The molecule has 1 aromatic carbocycles. The zero-order chi connectivity index (χ0) is 11.7. The van der Waals surface area contributed by atoms with Crippen molar-refractivity contribution in [3.63, 3.8) is 0 Å². The average Bonchev–Trinajstić information content (AvgIpc) is 2.56. The molecule has 1 nitrogen and oxygen atoms in total. The molecule has 0 radical (unpaired) electrons. The number of fused-ring (bicyclic) bond motifs is 1. The van der Waals surface area contributed by atoms with Gasteiger partial charge in [-0.1, -0.05) is 45.5 Å². The van der Waals surface area contributed by atoms with Crippen LogP contribution in [0.15, 0.2) is 22.5 Å². The van der Waals surface area contributed by atoms with Crippen molar-refractivity contribution in [2.24, 2.45) is 0 Å². The molecule has 0 saturated heterocycles. The van der Waals surface area contributed by atoms with Crippen LogP contribution in [0.2, 0.25) is 0 Å². The maximum Gasteiger partial charge on any atom is 0.151 e. The van der Waals surface area contributed by atoms with E-state index in [1.54, 1.807) is 0 Å². The minimum absolute atomic E-state index is 0.590. The van der Waals surface area contributed by atoms with Crippen molar-refractivity contribution < 1.29 is 0 Å². The Morgan fingerprint density at radius 1 is 1.19 bits per heavy atom. The highest BCUT2D eigenvalue weighted by atomic mass is 32.2. The van der Waals surface area contributed by atoms with Gasteiger partial charge < -0.3 is 0 Å². The van der Waals surface area contributed by atoms with Crippen molar-refractivity contribution >= 4 is 33.3 Å². The van der Waals surface area contributed by atoms with Crippen molar-refractivity contribution in [3.05, 3.63) is 23.8 Å². The van der Waals surface area contributed by atoms with Crippen LogP contribution in [0.3, 0.4) is 0 Å². The minimum atomic E-state index is 0.590. The number of rotatable bonds is 3. The van der Waals surface area contributed by atoms with Crippen LogP contribution in [0.5, 0.6) is 0 Å². The second kappa shape index (κ2) is 4.76. The van der Waals surface area contributed by atoms with Crippen LogP contribution in [0.4, 0.5) is 0 Å². The fourth-order valence-corrected chi connectivity index (χ4v) is 3.87. The highest BCUT2D eigenvalue weighted by Gasteiger charge is 2.08. The zero-order valence-corrected chi connectivity index (χ0v) is 11.8. The molecule has 0 aliphatic rings. The fraction of sp³-hybridized carbons (Fsp3) is 0.462. The third-order valence-corrected chi connectivity index (χ3v) is 4.51. The molecule has 0 saturated carbocycles. The van der Waals surface area contributed by atoms with Gasteiger partial charge in [-0.15, -0.1) is 11.3 Å². The topological polar surface area (TPSA) is 12.9 Å². The van der Waals surface area contributed by atoms with Crippen LogP contribution in [0.1, 0.15) is 39.2 Å². The molecule has 0 fully saturated rings. The third-order valence-electron chi connectivity index (χ3n) is 2.40. The van der Waals surface area contributed by atoms with Crippen molar-refractivity contribution in [2.45, 2.75) is 43.2 Å². The van der Waals surface area contributed by atoms with Crippen molar-refractivity contribution in [1.82, 2.24) is 4.98 Å². The lowest BCUT2D eigenvalue weighted by Gasteiger charge is -2.03. The second-order valence-corrected chi connectivity index (χ2v) is 7.38.